The zero-order chi connectivity index (χ0) is 18.5. The predicted molar refractivity (Wildman–Crippen MR) is 119 cm³/mol. The van der Waals surface area contributed by atoms with Crippen molar-refractivity contribution in [2.75, 3.05) is 26.1 Å². The van der Waals surface area contributed by atoms with E-state index in [2.05, 4.69) is 11.1 Å². The van der Waals surface area contributed by atoms with E-state index in [0.29, 0.717) is 5.57 Å². The molecule has 2 aromatic carbocycles. The second kappa shape index (κ2) is 9.36. The molecule has 0 aliphatic rings. The van der Waals surface area contributed by atoms with Crippen LogP contribution in [0.1, 0.15) is 10.6 Å². The fraction of sp³-hybridized carbons (Fsp3) is 0.143. The van der Waals surface area contributed by atoms with Gasteiger partial charge in [0.05, 0.1) is 18.4 Å². The highest BCUT2D eigenvalue weighted by molar-refractivity contribution is 8.93. The Morgan fingerprint density at radius 3 is 2.33 bits per heavy atom. The number of aromatic nitrogens is 1. The molecule has 4 nitrogen and oxygen atoms in total. The largest absolute Gasteiger partial charge is 0.497 e. The first-order valence-corrected chi connectivity index (χ1v) is 8.98. The van der Waals surface area contributed by atoms with Crippen molar-refractivity contribution in [2.45, 2.75) is 0 Å². The van der Waals surface area contributed by atoms with E-state index in [1.807, 2.05) is 79.0 Å². The summed E-state index contributed by atoms with van der Waals surface area (Å²) in [4.78, 5) is 6.67. The number of hydrogen-bond acceptors (Lipinski definition) is 5. The van der Waals surface area contributed by atoms with Crippen molar-refractivity contribution in [3.8, 4) is 23.1 Å². The van der Waals surface area contributed by atoms with Crippen LogP contribution in [0.4, 0.5) is 5.69 Å². The van der Waals surface area contributed by atoms with Gasteiger partial charge in [0.15, 0.2) is 0 Å². The number of thiazole rings is 1. The van der Waals surface area contributed by atoms with Crippen molar-refractivity contribution >= 4 is 45.7 Å². The third kappa shape index (κ3) is 4.97. The summed E-state index contributed by atoms with van der Waals surface area (Å²) >= 11 is 1.47. The van der Waals surface area contributed by atoms with Gasteiger partial charge in [0.2, 0.25) is 0 Å². The molecule has 0 spiro atoms. The Balaban J connectivity index is 0.00000261. The Morgan fingerprint density at radius 2 is 1.78 bits per heavy atom. The lowest BCUT2D eigenvalue weighted by Crippen LogP contribution is -2.07. The van der Waals surface area contributed by atoms with E-state index >= 15 is 0 Å². The Morgan fingerprint density at radius 1 is 1.11 bits per heavy atom. The Hall–Kier alpha value is -2.62. The molecule has 0 bridgehead atoms. The molecule has 0 atom stereocenters. The molecule has 0 radical (unpaired) electrons. The van der Waals surface area contributed by atoms with Crippen LogP contribution in [0.2, 0.25) is 0 Å². The van der Waals surface area contributed by atoms with Crippen LogP contribution in [0.5, 0.6) is 5.75 Å². The van der Waals surface area contributed by atoms with Gasteiger partial charge in [0.25, 0.3) is 0 Å². The molecule has 0 N–H and O–H groups in total. The van der Waals surface area contributed by atoms with Crippen LogP contribution in [-0.4, -0.2) is 26.2 Å². The molecular formula is C21H20BrN3OS. The highest BCUT2D eigenvalue weighted by Gasteiger charge is 2.09. The van der Waals surface area contributed by atoms with E-state index in [4.69, 9.17) is 4.74 Å². The van der Waals surface area contributed by atoms with Gasteiger partial charge in [-0.2, -0.15) is 5.26 Å². The van der Waals surface area contributed by atoms with Crippen molar-refractivity contribution in [3.63, 3.8) is 0 Å². The average Bonchev–Trinajstić information content (AvgIpc) is 3.16. The molecule has 6 heteroatoms. The van der Waals surface area contributed by atoms with Crippen LogP contribution in [-0.2, 0) is 0 Å². The van der Waals surface area contributed by atoms with Crippen LogP contribution in [0.15, 0.2) is 53.9 Å². The highest BCUT2D eigenvalue weighted by Crippen LogP contribution is 2.28. The van der Waals surface area contributed by atoms with E-state index in [0.717, 1.165) is 33.3 Å². The third-order valence-corrected chi connectivity index (χ3v) is 4.84. The normalized spacial score (nSPS) is 10.7. The van der Waals surface area contributed by atoms with Crippen LogP contribution in [0.25, 0.3) is 22.9 Å². The summed E-state index contributed by atoms with van der Waals surface area (Å²) in [5.74, 6) is 0.808. The molecule has 0 aliphatic carbocycles. The van der Waals surface area contributed by atoms with Gasteiger partial charge in [-0.1, -0.05) is 12.1 Å². The number of benzene rings is 2. The van der Waals surface area contributed by atoms with Crippen molar-refractivity contribution in [1.29, 1.82) is 5.26 Å². The number of anilines is 1. The smallest absolute Gasteiger partial charge is 0.134 e. The van der Waals surface area contributed by atoms with E-state index in [-0.39, 0.29) is 17.0 Å². The van der Waals surface area contributed by atoms with Gasteiger partial charge in [0, 0.05) is 30.7 Å². The monoisotopic (exact) mass is 441 g/mol. The summed E-state index contributed by atoms with van der Waals surface area (Å²) in [6.07, 6.45) is 1.87. The van der Waals surface area contributed by atoms with Crippen LogP contribution in [0.3, 0.4) is 0 Å². The molecule has 1 heterocycles. The SMILES string of the molecule is Br.COc1ccc(-c2csc(/C(C#N)=C/c3ccc(N(C)C)cc3)n2)cc1. The first-order valence-electron chi connectivity index (χ1n) is 8.10. The van der Waals surface area contributed by atoms with Crippen molar-refractivity contribution in [1.82, 2.24) is 4.98 Å². The quantitative estimate of drug-likeness (QED) is 0.488. The third-order valence-electron chi connectivity index (χ3n) is 3.96. The number of ether oxygens (including phenoxy) is 1. The topological polar surface area (TPSA) is 49.1 Å². The second-order valence-corrected chi connectivity index (χ2v) is 6.78. The molecule has 0 fully saturated rings. The lowest BCUT2D eigenvalue weighted by molar-refractivity contribution is 0.415. The standard InChI is InChI=1S/C21H19N3OS.BrH/c1-24(2)18-8-4-15(5-9-18)12-17(13-22)21-23-20(14-26-21)16-6-10-19(25-3)11-7-16;/h4-12,14H,1-3H3;1H/b17-12+;. The van der Waals surface area contributed by atoms with E-state index in [1.165, 1.54) is 11.3 Å². The minimum atomic E-state index is 0. The van der Waals surface area contributed by atoms with Crippen LogP contribution < -0.4 is 9.64 Å². The lowest BCUT2D eigenvalue weighted by atomic mass is 10.1. The lowest BCUT2D eigenvalue weighted by Gasteiger charge is -2.11. The Kier molecular flexibility index (Phi) is 7.17. The van der Waals surface area contributed by atoms with Crippen LogP contribution in [0, 0.1) is 11.3 Å². The van der Waals surface area contributed by atoms with Crippen molar-refractivity contribution in [2.24, 2.45) is 0 Å². The first kappa shape index (κ1) is 20.7. The van der Waals surface area contributed by atoms with Gasteiger partial charge in [-0.15, -0.1) is 28.3 Å². The molecule has 0 unspecified atom stereocenters. The average molecular weight is 442 g/mol. The highest BCUT2D eigenvalue weighted by atomic mass is 79.9. The summed E-state index contributed by atoms with van der Waals surface area (Å²) < 4.78 is 5.18. The Labute approximate surface area is 174 Å². The summed E-state index contributed by atoms with van der Waals surface area (Å²) in [5, 5.41) is 12.2. The number of rotatable bonds is 5. The fourth-order valence-corrected chi connectivity index (χ4v) is 3.26. The number of hydrogen-bond donors (Lipinski definition) is 0. The minimum Gasteiger partial charge on any atom is -0.497 e. The molecule has 0 saturated carbocycles. The predicted octanol–water partition coefficient (Wildman–Crippen LogP) is 5.53. The molecule has 1 aromatic heterocycles. The van der Waals surface area contributed by atoms with Gasteiger partial charge in [-0.3, -0.25) is 0 Å². The minimum absolute atomic E-state index is 0. The number of nitrogens with zero attached hydrogens (tertiary/aromatic N) is 3. The summed E-state index contributed by atoms with van der Waals surface area (Å²) in [6, 6.07) is 18.1. The molecular weight excluding hydrogens is 422 g/mol. The summed E-state index contributed by atoms with van der Waals surface area (Å²) in [6.45, 7) is 0. The van der Waals surface area contributed by atoms with Gasteiger partial charge in [-0.25, -0.2) is 4.98 Å². The molecule has 0 amide bonds. The second-order valence-electron chi connectivity index (χ2n) is 5.92. The first-order chi connectivity index (χ1) is 12.6. The zero-order valence-electron chi connectivity index (χ0n) is 15.3. The van der Waals surface area contributed by atoms with Gasteiger partial charge < -0.3 is 9.64 Å². The fourth-order valence-electron chi connectivity index (χ4n) is 2.47. The summed E-state index contributed by atoms with van der Waals surface area (Å²) in [7, 11) is 5.65. The molecule has 27 heavy (non-hydrogen) atoms. The number of allylic oxidation sites excluding steroid dienone is 1. The Bertz CT molecular complexity index is 954. The number of methoxy groups -OCH3 is 1. The van der Waals surface area contributed by atoms with E-state index in [9.17, 15) is 5.26 Å². The van der Waals surface area contributed by atoms with Crippen molar-refractivity contribution in [3.05, 3.63) is 64.5 Å². The molecule has 3 rings (SSSR count). The van der Waals surface area contributed by atoms with Gasteiger partial charge >= 0.3 is 0 Å². The molecule has 3 aromatic rings. The number of nitriles is 1. The zero-order valence-corrected chi connectivity index (χ0v) is 17.9. The van der Waals surface area contributed by atoms with Crippen molar-refractivity contribution < 1.29 is 4.74 Å². The van der Waals surface area contributed by atoms with Gasteiger partial charge in [0.1, 0.15) is 16.8 Å². The van der Waals surface area contributed by atoms with Gasteiger partial charge in [-0.05, 0) is 48.0 Å². The van der Waals surface area contributed by atoms with Crippen LogP contribution >= 0.6 is 28.3 Å². The summed E-state index contributed by atoms with van der Waals surface area (Å²) in [5.41, 5.74) is 4.52. The maximum atomic E-state index is 9.56. The molecule has 0 aliphatic heterocycles. The van der Waals surface area contributed by atoms with E-state index in [1.54, 1.807) is 7.11 Å². The molecule has 0 saturated heterocycles. The maximum Gasteiger partial charge on any atom is 0.134 e. The maximum absolute atomic E-state index is 9.56. The molecule has 138 valence electrons. The number of halogens is 1. The van der Waals surface area contributed by atoms with E-state index < -0.39 is 0 Å².